The van der Waals surface area contributed by atoms with E-state index in [2.05, 4.69) is 11.3 Å². The van der Waals surface area contributed by atoms with E-state index in [4.69, 9.17) is 10.8 Å². The van der Waals surface area contributed by atoms with Crippen molar-refractivity contribution >= 4 is 11.9 Å². The van der Waals surface area contributed by atoms with Crippen LogP contribution in [0.5, 0.6) is 0 Å². The summed E-state index contributed by atoms with van der Waals surface area (Å²) in [7, 11) is 0. The van der Waals surface area contributed by atoms with Crippen LogP contribution in [-0.4, -0.2) is 23.1 Å². The van der Waals surface area contributed by atoms with Gasteiger partial charge in [-0.2, -0.15) is 0 Å². The van der Waals surface area contributed by atoms with E-state index >= 15 is 0 Å². The van der Waals surface area contributed by atoms with Gasteiger partial charge in [0.15, 0.2) is 0 Å². The predicted octanol–water partition coefficient (Wildman–Crippen LogP) is 0.747. The topological polar surface area (TPSA) is 89.6 Å². The molecule has 0 aliphatic heterocycles. The molecule has 5 nitrogen and oxygen atoms in total. The van der Waals surface area contributed by atoms with Crippen LogP contribution in [0.1, 0.15) is 20.8 Å². The molecule has 0 aromatic carbocycles. The normalized spacial score (nSPS) is 10.9. The van der Waals surface area contributed by atoms with Crippen LogP contribution in [0.25, 0.3) is 0 Å². The molecule has 82 valence electrons. The number of aliphatic carboxylic acids is 1. The zero-order chi connectivity index (χ0) is 11.7. The second-order valence-electron chi connectivity index (χ2n) is 2.88. The molecule has 0 saturated carbocycles. The quantitative estimate of drug-likeness (QED) is 0.521. The Balaban J connectivity index is 0. The Hall–Kier alpha value is -1.36. The van der Waals surface area contributed by atoms with Crippen molar-refractivity contribution in [1.82, 2.24) is 0 Å². The van der Waals surface area contributed by atoms with Gasteiger partial charge in [0.2, 0.25) is 0 Å². The van der Waals surface area contributed by atoms with Crippen LogP contribution in [-0.2, 0) is 14.3 Å². The molecular formula is C9H17NO4. The third kappa shape index (κ3) is 10.6. The number of carboxylic acid groups (broad SMARTS) is 1. The van der Waals surface area contributed by atoms with Crippen molar-refractivity contribution in [1.29, 1.82) is 0 Å². The Morgan fingerprint density at radius 1 is 1.50 bits per heavy atom. The van der Waals surface area contributed by atoms with Crippen LogP contribution >= 0.6 is 0 Å². The fourth-order valence-corrected chi connectivity index (χ4v) is 0.403. The summed E-state index contributed by atoms with van der Waals surface area (Å²) < 4.78 is 4.17. The van der Waals surface area contributed by atoms with Gasteiger partial charge in [-0.15, -0.1) is 0 Å². The molecule has 0 aliphatic carbocycles. The predicted molar refractivity (Wildman–Crippen MR) is 52.4 cm³/mol. The van der Waals surface area contributed by atoms with E-state index in [0.717, 1.165) is 6.26 Å². The molecule has 0 saturated heterocycles. The van der Waals surface area contributed by atoms with Crippen LogP contribution < -0.4 is 5.73 Å². The molecule has 0 aromatic rings. The Kier molecular flexibility index (Phi) is 8.91. The largest absolute Gasteiger partial charge is 0.480 e. The minimum Gasteiger partial charge on any atom is -0.480 e. The van der Waals surface area contributed by atoms with Crippen molar-refractivity contribution in [3.63, 3.8) is 0 Å². The molecule has 3 N–H and O–H groups in total. The van der Waals surface area contributed by atoms with Crippen LogP contribution in [0, 0.1) is 5.92 Å². The van der Waals surface area contributed by atoms with Gasteiger partial charge in [-0.05, 0) is 5.92 Å². The van der Waals surface area contributed by atoms with Crippen molar-refractivity contribution in [2.75, 3.05) is 0 Å². The maximum Gasteiger partial charge on any atom is 0.320 e. The Morgan fingerprint density at radius 3 is 1.93 bits per heavy atom. The van der Waals surface area contributed by atoms with Gasteiger partial charge in [-0.1, -0.05) is 20.4 Å². The van der Waals surface area contributed by atoms with E-state index in [9.17, 15) is 9.59 Å². The number of carbonyl (C=O) groups excluding carboxylic acids is 1. The fourth-order valence-electron chi connectivity index (χ4n) is 0.403. The first kappa shape index (κ1) is 15.1. The zero-order valence-electron chi connectivity index (χ0n) is 8.69. The number of hydrogen-bond donors (Lipinski definition) is 2. The van der Waals surface area contributed by atoms with E-state index in [0.29, 0.717) is 0 Å². The van der Waals surface area contributed by atoms with Gasteiger partial charge in [-0.3, -0.25) is 9.59 Å². The van der Waals surface area contributed by atoms with Crippen molar-refractivity contribution in [3.8, 4) is 0 Å². The minimum atomic E-state index is -0.931. The molecule has 0 amide bonds. The number of hydrogen-bond acceptors (Lipinski definition) is 4. The standard InChI is InChI=1S/C5H11NO2.C4H6O2/c1-3(2)4(6)5(7)8;1-3-6-4(2)5/h3-4H,6H2,1-2H3,(H,7,8);3H,1H2,2H3/t4-;/m0./s1. The maximum absolute atomic E-state index is 10.0. The first-order valence-corrected chi connectivity index (χ1v) is 4.09. The molecule has 0 aliphatic rings. The van der Waals surface area contributed by atoms with Crippen molar-refractivity contribution in [2.45, 2.75) is 26.8 Å². The highest BCUT2D eigenvalue weighted by atomic mass is 16.5. The summed E-state index contributed by atoms with van der Waals surface area (Å²) in [5, 5.41) is 8.23. The van der Waals surface area contributed by atoms with Crippen molar-refractivity contribution in [2.24, 2.45) is 11.7 Å². The average Bonchev–Trinajstić information content (AvgIpc) is 2.03. The highest BCUT2D eigenvalue weighted by Crippen LogP contribution is 1.96. The molecular weight excluding hydrogens is 186 g/mol. The van der Waals surface area contributed by atoms with Gasteiger partial charge < -0.3 is 15.6 Å². The summed E-state index contributed by atoms with van der Waals surface area (Å²) in [6, 6.07) is -0.713. The first-order valence-electron chi connectivity index (χ1n) is 4.09. The third-order valence-electron chi connectivity index (χ3n) is 1.25. The summed E-state index contributed by atoms with van der Waals surface area (Å²) in [6.07, 6.45) is 1.10. The van der Waals surface area contributed by atoms with Crippen molar-refractivity contribution < 1.29 is 19.4 Å². The summed E-state index contributed by atoms with van der Waals surface area (Å²) in [6.45, 7) is 8.03. The molecule has 14 heavy (non-hydrogen) atoms. The lowest BCUT2D eigenvalue weighted by Crippen LogP contribution is -2.34. The lowest BCUT2D eigenvalue weighted by Gasteiger charge is -2.07. The summed E-state index contributed by atoms with van der Waals surface area (Å²) in [5.41, 5.74) is 5.16. The molecule has 0 bridgehead atoms. The monoisotopic (exact) mass is 203 g/mol. The molecule has 0 radical (unpaired) electrons. The molecule has 0 spiro atoms. The fraction of sp³-hybridized carbons (Fsp3) is 0.556. The second kappa shape index (κ2) is 8.25. The number of rotatable bonds is 3. The second-order valence-corrected chi connectivity index (χ2v) is 2.88. The summed E-state index contributed by atoms with van der Waals surface area (Å²) >= 11 is 0. The zero-order valence-corrected chi connectivity index (χ0v) is 8.69. The van der Waals surface area contributed by atoms with Gasteiger partial charge in [0, 0.05) is 6.92 Å². The van der Waals surface area contributed by atoms with Gasteiger partial charge in [0.25, 0.3) is 0 Å². The van der Waals surface area contributed by atoms with Crippen LogP contribution in [0.4, 0.5) is 0 Å². The van der Waals surface area contributed by atoms with E-state index in [1.807, 2.05) is 0 Å². The van der Waals surface area contributed by atoms with Crippen molar-refractivity contribution in [3.05, 3.63) is 12.8 Å². The molecule has 0 fully saturated rings. The first-order chi connectivity index (χ1) is 6.32. The Labute approximate surface area is 83.5 Å². The lowest BCUT2D eigenvalue weighted by atomic mass is 10.1. The molecule has 0 aromatic heterocycles. The highest BCUT2D eigenvalue weighted by Gasteiger charge is 2.14. The van der Waals surface area contributed by atoms with E-state index < -0.39 is 12.0 Å². The van der Waals surface area contributed by atoms with Gasteiger partial charge in [0.05, 0.1) is 6.26 Å². The number of carbonyl (C=O) groups is 2. The maximum atomic E-state index is 10.0. The number of esters is 1. The number of ether oxygens (including phenoxy) is 1. The Bertz CT molecular complexity index is 201. The van der Waals surface area contributed by atoms with Crippen LogP contribution in [0.2, 0.25) is 0 Å². The highest BCUT2D eigenvalue weighted by molar-refractivity contribution is 5.73. The number of nitrogens with two attached hydrogens (primary N) is 1. The van der Waals surface area contributed by atoms with Crippen LogP contribution in [0.3, 0.4) is 0 Å². The molecule has 0 rings (SSSR count). The summed E-state index contributed by atoms with van der Waals surface area (Å²) in [4.78, 5) is 19.8. The smallest absolute Gasteiger partial charge is 0.320 e. The molecule has 1 atom stereocenters. The third-order valence-corrected chi connectivity index (χ3v) is 1.25. The molecule has 0 heterocycles. The van der Waals surface area contributed by atoms with Gasteiger partial charge >= 0.3 is 11.9 Å². The van der Waals surface area contributed by atoms with Gasteiger partial charge in [-0.25, -0.2) is 0 Å². The Morgan fingerprint density at radius 2 is 1.93 bits per heavy atom. The van der Waals surface area contributed by atoms with Gasteiger partial charge in [0.1, 0.15) is 6.04 Å². The van der Waals surface area contributed by atoms with E-state index in [1.54, 1.807) is 13.8 Å². The molecule has 5 heteroatoms. The minimum absolute atomic E-state index is 0.0208. The lowest BCUT2D eigenvalue weighted by molar-refractivity contribution is -0.139. The average molecular weight is 203 g/mol. The summed E-state index contributed by atoms with van der Waals surface area (Å²) in [5.74, 6) is -1.24. The molecule has 0 unspecified atom stereocenters. The SMILES string of the molecule is C=COC(C)=O.CC(C)[C@H](N)C(=O)O. The van der Waals surface area contributed by atoms with Crippen LogP contribution in [0.15, 0.2) is 12.8 Å². The van der Waals surface area contributed by atoms with E-state index in [1.165, 1.54) is 6.92 Å². The number of carboxylic acids is 1. The van der Waals surface area contributed by atoms with E-state index in [-0.39, 0.29) is 11.9 Å².